The molecule has 2 aromatic rings. The van der Waals surface area contributed by atoms with Crippen molar-refractivity contribution in [1.82, 2.24) is 0 Å². The second kappa shape index (κ2) is 3.25. The molecule has 0 saturated heterocycles. The standard InChI is InChI=1S/C14H10O3/c1-3-7-11-9(5-1)13-16-12-8-4-2-6-10(12)14(15-11)17-13/h1-8,13-14H/t13-,14+. The van der Waals surface area contributed by atoms with Gasteiger partial charge in [-0.1, -0.05) is 24.3 Å². The van der Waals surface area contributed by atoms with E-state index in [2.05, 4.69) is 0 Å². The Bertz CT molecular complexity index is 528. The van der Waals surface area contributed by atoms with Crippen LogP contribution in [0.2, 0.25) is 0 Å². The molecule has 0 spiro atoms. The van der Waals surface area contributed by atoms with E-state index in [4.69, 9.17) is 14.2 Å². The van der Waals surface area contributed by atoms with E-state index in [1.54, 1.807) is 0 Å². The number of ether oxygens (including phenoxy) is 3. The van der Waals surface area contributed by atoms with Gasteiger partial charge in [0.25, 0.3) is 0 Å². The van der Waals surface area contributed by atoms with Crippen LogP contribution in [0.1, 0.15) is 23.7 Å². The maximum absolute atomic E-state index is 5.83. The molecule has 4 rings (SSSR count). The maximum atomic E-state index is 5.83. The summed E-state index contributed by atoms with van der Waals surface area (Å²) in [6, 6.07) is 15.6. The third kappa shape index (κ3) is 1.26. The van der Waals surface area contributed by atoms with Gasteiger partial charge >= 0.3 is 0 Å². The first-order valence-corrected chi connectivity index (χ1v) is 5.58. The smallest absolute Gasteiger partial charge is 0.233 e. The van der Waals surface area contributed by atoms with E-state index >= 15 is 0 Å². The third-order valence-corrected chi connectivity index (χ3v) is 3.06. The van der Waals surface area contributed by atoms with Crippen LogP contribution in [0.3, 0.4) is 0 Å². The van der Waals surface area contributed by atoms with E-state index in [9.17, 15) is 0 Å². The molecule has 2 aliphatic heterocycles. The van der Waals surface area contributed by atoms with Gasteiger partial charge in [-0.3, -0.25) is 4.74 Å². The minimum Gasteiger partial charge on any atom is -0.460 e. The topological polar surface area (TPSA) is 27.7 Å². The molecule has 84 valence electrons. The average Bonchev–Trinajstić information content (AvgIpc) is 2.39. The first kappa shape index (κ1) is 9.07. The number of hydrogen-bond donors (Lipinski definition) is 0. The summed E-state index contributed by atoms with van der Waals surface area (Å²) in [7, 11) is 0. The molecule has 0 unspecified atom stereocenters. The van der Waals surface area contributed by atoms with Crippen LogP contribution in [-0.2, 0) is 4.74 Å². The quantitative estimate of drug-likeness (QED) is 0.690. The molecule has 3 heteroatoms. The Morgan fingerprint density at radius 1 is 0.647 bits per heavy atom. The molecule has 2 heterocycles. The van der Waals surface area contributed by atoms with Crippen molar-refractivity contribution in [3.63, 3.8) is 0 Å². The first-order valence-electron chi connectivity index (χ1n) is 5.58. The Labute approximate surface area is 98.5 Å². The maximum Gasteiger partial charge on any atom is 0.233 e. The number of hydrogen-bond acceptors (Lipinski definition) is 3. The minimum absolute atomic E-state index is 0.361. The second-order valence-electron chi connectivity index (χ2n) is 4.11. The highest BCUT2D eigenvalue weighted by Gasteiger charge is 2.37. The third-order valence-electron chi connectivity index (χ3n) is 3.06. The van der Waals surface area contributed by atoms with Crippen LogP contribution >= 0.6 is 0 Å². The van der Waals surface area contributed by atoms with Crippen LogP contribution in [0.4, 0.5) is 0 Å². The lowest BCUT2D eigenvalue weighted by atomic mass is 10.1. The molecule has 2 aliphatic rings. The monoisotopic (exact) mass is 226 g/mol. The van der Waals surface area contributed by atoms with Gasteiger partial charge in [0.15, 0.2) is 0 Å². The molecule has 0 N–H and O–H groups in total. The van der Waals surface area contributed by atoms with E-state index in [1.165, 1.54) is 0 Å². The molecule has 0 aliphatic carbocycles. The van der Waals surface area contributed by atoms with Crippen LogP contribution in [0.5, 0.6) is 11.5 Å². The number of rotatable bonds is 0. The lowest BCUT2D eigenvalue weighted by Gasteiger charge is -2.37. The van der Waals surface area contributed by atoms with Crippen molar-refractivity contribution >= 4 is 0 Å². The molecule has 0 radical (unpaired) electrons. The summed E-state index contributed by atoms with van der Waals surface area (Å²) >= 11 is 0. The van der Waals surface area contributed by atoms with Crippen LogP contribution in [0, 0.1) is 0 Å². The number of benzene rings is 2. The van der Waals surface area contributed by atoms with Crippen LogP contribution in [0.15, 0.2) is 48.5 Å². The molecule has 2 aromatic carbocycles. The summed E-state index contributed by atoms with van der Waals surface area (Å²) in [4.78, 5) is 0. The summed E-state index contributed by atoms with van der Waals surface area (Å²) in [5.74, 6) is 1.67. The lowest BCUT2D eigenvalue weighted by molar-refractivity contribution is -0.227. The zero-order valence-corrected chi connectivity index (χ0v) is 9.00. The van der Waals surface area contributed by atoms with E-state index < -0.39 is 0 Å². The molecule has 0 amide bonds. The molecule has 3 nitrogen and oxygen atoms in total. The molecular formula is C14H10O3. The predicted octanol–water partition coefficient (Wildman–Crippen LogP) is 3.19. The molecule has 0 fully saturated rings. The zero-order valence-electron chi connectivity index (χ0n) is 9.00. The first-order chi connectivity index (χ1) is 8.42. The fourth-order valence-electron chi connectivity index (χ4n) is 2.24. The Balaban J connectivity index is 1.86. The summed E-state index contributed by atoms with van der Waals surface area (Å²) in [6.45, 7) is 0. The van der Waals surface area contributed by atoms with Crippen LogP contribution in [-0.4, -0.2) is 0 Å². The average molecular weight is 226 g/mol. The fourth-order valence-corrected chi connectivity index (χ4v) is 2.24. The lowest BCUT2D eigenvalue weighted by Crippen LogP contribution is -2.29. The van der Waals surface area contributed by atoms with Crippen molar-refractivity contribution in [2.24, 2.45) is 0 Å². The second-order valence-corrected chi connectivity index (χ2v) is 4.11. The van der Waals surface area contributed by atoms with Gasteiger partial charge in [-0.15, -0.1) is 0 Å². The van der Waals surface area contributed by atoms with E-state index in [0.29, 0.717) is 0 Å². The predicted molar refractivity (Wildman–Crippen MR) is 60.7 cm³/mol. The summed E-state index contributed by atoms with van der Waals surface area (Å²) in [5, 5.41) is 0. The van der Waals surface area contributed by atoms with Gasteiger partial charge in [0.2, 0.25) is 12.6 Å². The highest BCUT2D eigenvalue weighted by atomic mass is 16.8. The number of para-hydroxylation sites is 2. The normalized spacial score (nSPS) is 24.0. The highest BCUT2D eigenvalue weighted by molar-refractivity contribution is 5.42. The van der Waals surface area contributed by atoms with Gasteiger partial charge in [0.05, 0.1) is 11.1 Å². The van der Waals surface area contributed by atoms with Gasteiger partial charge in [0, 0.05) is 0 Å². The largest absolute Gasteiger partial charge is 0.460 e. The fraction of sp³-hybridized carbons (Fsp3) is 0.143. The Kier molecular flexibility index (Phi) is 1.73. The molecular weight excluding hydrogens is 216 g/mol. The zero-order chi connectivity index (χ0) is 11.2. The highest BCUT2D eigenvalue weighted by Crippen LogP contribution is 2.46. The van der Waals surface area contributed by atoms with Crippen LogP contribution in [0.25, 0.3) is 0 Å². The van der Waals surface area contributed by atoms with Gasteiger partial charge < -0.3 is 9.47 Å². The van der Waals surface area contributed by atoms with Gasteiger partial charge in [-0.05, 0) is 24.3 Å². The van der Waals surface area contributed by atoms with Crippen molar-refractivity contribution < 1.29 is 14.2 Å². The van der Waals surface area contributed by atoms with Gasteiger partial charge in [-0.25, -0.2) is 0 Å². The summed E-state index contributed by atoms with van der Waals surface area (Å²) in [6.07, 6.45) is -0.723. The minimum atomic E-state index is -0.361. The molecule has 2 bridgehead atoms. The number of fused-ring (bicyclic) bond motifs is 6. The SMILES string of the molecule is c1ccc2c(c1)O[C@H]1O[C@H]2Oc2ccccc21. The van der Waals surface area contributed by atoms with E-state index in [0.717, 1.165) is 22.6 Å². The van der Waals surface area contributed by atoms with Crippen molar-refractivity contribution in [3.05, 3.63) is 59.7 Å². The molecule has 0 aromatic heterocycles. The molecule has 17 heavy (non-hydrogen) atoms. The Morgan fingerprint density at radius 2 is 1.12 bits per heavy atom. The van der Waals surface area contributed by atoms with Gasteiger partial charge in [-0.2, -0.15) is 0 Å². The molecule has 2 atom stereocenters. The molecule has 0 saturated carbocycles. The van der Waals surface area contributed by atoms with Crippen molar-refractivity contribution in [2.75, 3.05) is 0 Å². The Hall–Kier alpha value is -2.00. The van der Waals surface area contributed by atoms with Crippen molar-refractivity contribution in [3.8, 4) is 11.5 Å². The van der Waals surface area contributed by atoms with Crippen molar-refractivity contribution in [1.29, 1.82) is 0 Å². The summed E-state index contributed by atoms with van der Waals surface area (Å²) in [5.41, 5.74) is 1.89. The van der Waals surface area contributed by atoms with Gasteiger partial charge in [0.1, 0.15) is 11.5 Å². The summed E-state index contributed by atoms with van der Waals surface area (Å²) < 4.78 is 17.4. The Morgan fingerprint density at radius 3 is 1.65 bits per heavy atom. The van der Waals surface area contributed by atoms with Crippen LogP contribution < -0.4 is 9.47 Å². The van der Waals surface area contributed by atoms with E-state index in [1.807, 2.05) is 48.5 Å². The van der Waals surface area contributed by atoms with Crippen molar-refractivity contribution in [2.45, 2.75) is 12.6 Å². The van der Waals surface area contributed by atoms with E-state index in [-0.39, 0.29) is 12.6 Å².